The zero-order chi connectivity index (χ0) is 19.3. The smallest absolute Gasteiger partial charge is 0.256 e. The molecule has 1 amide bonds. The van der Waals surface area contributed by atoms with Crippen molar-refractivity contribution < 1.29 is 20.1 Å². The van der Waals surface area contributed by atoms with Gasteiger partial charge in [0.2, 0.25) is 0 Å². The van der Waals surface area contributed by atoms with E-state index in [0.29, 0.717) is 11.4 Å². The molecule has 0 aromatic heterocycles. The van der Waals surface area contributed by atoms with Gasteiger partial charge in [0.05, 0.1) is 5.69 Å². The summed E-state index contributed by atoms with van der Waals surface area (Å²) >= 11 is 0. The van der Waals surface area contributed by atoms with Crippen molar-refractivity contribution in [2.45, 2.75) is 39.1 Å². The second kappa shape index (κ2) is 8.71. The molecule has 6 heteroatoms. The number of rotatable bonds is 6. The highest BCUT2D eigenvalue weighted by molar-refractivity contribution is 5.96. The largest absolute Gasteiger partial charge is 0.387 e. The molecular formula is C20H24N2O4. The maximum atomic E-state index is 12.1. The van der Waals surface area contributed by atoms with Crippen molar-refractivity contribution in [3.8, 4) is 0 Å². The molecule has 2 aromatic carbocycles. The number of hydrogen-bond donors (Lipinski definition) is 4. The van der Waals surface area contributed by atoms with Crippen molar-refractivity contribution in [3.05, 3.63) is 59.7 Å². The number of carbonyl (C=O) groups excluding carboxylic acids is 1. The number of aliphatic imine (C=N–C) groups is 1. The van der Waals surface area contributed by atoms with Crippen molar-refractivity contribution in [2.24, 2.45) is 4.99 Å². The Hall–Kier alpha value is -2.54. The lowest BCUT2D eigenvalue weighted by molar-refractivity contribution is -0.132. The van der Waals surface area contributed by atoms with Crippen molar-refractivity contribution in [2.75, 3.05) is 5.32 Å². The molecule has 3 unspecified atom stereocenters. The van der Waals surface area contributed by atoms with Gasteiger partial charge in [-0.15, -0.1) is 0 Å². The molecule has 26 heavy (non-hydrogen) atoms. The van der Waals surface area contributed by atoms with Crippen LogP contribution < -0.4 is 5.32 Å². The highest BCUT2D eigenvalue weighted by atomic mass is 16.4. The quantitative estimate of drug-likeness (QED) is 0.595. The van der Waals surface area contributed by atoms with Crippen molar-refractivity contribution in [3.63, 3.8) is 0 Å². The normalized spacial score (nSPS) is 15.2. The molecule has 3 atom stereocenters. The Morgan fingerprint density at radius 1 is 0.885 bits per heavy atom. The van der Waals surface area contributed by atoms with Crippen LogP contribution in [-0.2, 0) is 4.79 Å². The number of aryl methyl sites for hydroxylation is 2. The second-order valence-corrected chi connectivity index (χ2v) is 6.32. The third kappa shape index (κ3) is 5.23. The number of hydrogen-bond acceptors (Lipinski definition) is 5. The molecule has 0 saturated heterocycles. The van der Waals surface area contributed by atoms with E-state index in [2.05, 4.69) is 10.3 Å². The Labute approximate surface area is 152 Å². The summed E-state index contributed by atoms with van der Waals surface area (Å²) in [5.41, 5.74) is 3.40. The maximum absolute atomic E-state index is 12.1. The van der Waals surface area contributed by atoms with Gasteiger partial charge in [-0.2, -0.15) is 0 Å². The molecular weight excluding hydrogens is 332 g/mol. The Morgan fingerprint density at radius 2 is 1.38 bits per heavy atom. The fourth-order valence-corrected chi connectivity index (χ4v) is 2.32. The van der Waals surface area contributed by atoms with Crippen LogP contribution in [0.5, 0.6) is 0 Å². The van der Waals surface area contributed by atoms with E-state index in [0.717, 1.165) is 11.1 Å². The predicted molar refractivity (Wildman–Crippen MR) is 102 cm³/mol. The third-order valence-electron chi connectivity index (χ3n) is 4.00. The van der Waals surface area contributed by atoms with Crippen molar-refractivity contribution in [1.29, 1.82) is 0 Å². The van der Waals surface area contributed by atoms with Crippen LogP contribution in [0.3, 0.4) is 0 Å². The fourth-order valence-electron chi connectivity index (χ4n) is 2.32. The summed E-state index contributed by atoms with van der Waals surface area (Å²) in [6.45, 7) is 5.39. The van der Waals surface area contributed by atoms with Crippen LogP contribution >= 0.6 is 0 Å². The summed E-state index contributed by atoms with van der Waals surface area (Å²) in [4.78, 5) is 16.3. The molecule has 0 aliphatic rings. The van der Waals surface area contributed by atoms with E-state index in [1.54, 1.807) is 24.3 Å². The third-order valence-corrected chi connectivity index (χ3v) is 4.00. The molecule has 0 bridgehead atoms. The number of nitrogens with zero attached hydrogens (tertiary/aromatic N) is 1. The lowest BCUT2D eigenvalue weighted by atomic mass is 10.0. The molecule has 4 N–H and O–H groups in total. The average molecular weight is 356 g/mol. The van der Waals surface area contributed by atoms with Crippen LogP contribution in [0.4, 0.5) is 11.4 Å². The fraction of sp³-hybridized carbons (Fsp3) is 0.300. The molecule has 0 aliphatic heterocycles. The van der Waals surface area contributed by atoms with Gasteiger partial charge in [0, 0.05) is 11.4 Å². The van der Waals surface area contributed by atoms with Gasteiger partial charge in [-0.05, 0) is 45.0 Å². The molecule has 138 valence electrons. The Bertz CT molecular complexity index is 769. The summed E-state index contributed by atoms with van der Waals surface area (Å²) in [6.07, 6.45) is -4.97. The molecule has 0 radical (unpaired) electrons. The lowest BCUT2D eigenvalue weighted by Gasteiger charge is -2.22. The first kappa shape index (κ1) is 19.8. The van der Waals surface area contributed by atoms with E-state index in [-0.39, 0.29) is 5.71 Å². The summed E-state index contributed by atoms with van der Waals surface area (Å²) in [6, 6.07) is 14.3. The minimum absolute atomic E-state index is 0.198. The standard InChI is InChI=1S/C20H24N2O4/c1-12-4-8-15(9-5-12)21-14(3)17(23)18(24)19(25)20(26)22-16-10-6-13(2)7-11-16/h4-11,17-19,23-25H,1-3H3,(H,22,26). The number of amides is 1. The van der Waals surface area contributed by atoms with Gasteiger partial charge in [0.25, 0.3) is 5.91 Å². The van der Waals surface area contributed by atoms with Gasteiger partial charge >= 0.3 is 0 Å². The van der Waals surface area contributed by atoms with E-state index in [9.17, 15) is 20.1 Å². The zero-order valence-electron chi connectivity index (χ0n) is 15.0. The minimum atomic E-state index is -1.80. The van der Waals surface area contributed by atoms with Gasteiger partial charge in [0.1, 0.15) is 12.2 Å². The molecule has 0 saturated carbocycles. The number of aliphatic hydroxyl groups is 3. The monoisotopic (exact) mass is 356 g/mol. The van der Waals surface area contributed by atoms with E-state index >= 15 is 0 Å². The molecule has 0 aliphatic carbocycles. The van der Waals surface area contributed by atoms with E-state index < -0.39 is 24.2 Å². The number of anilines is 1. The van der Waals surface area contributed by atoms with Crippen LogP contribution in [0.1, 0.15) is 18.1 Å². The Balaban J connectivity index is 2.03. The highest BCUT2D eigenvalue weighted by Crippen LogP contribution is 2.15. The van der Waals surface area contributed by atoms with Crippen LogP contribution in [0.25, 0.3) is 0 Å². The molecule has 6 nitrogen and oxygen atoms in total. The van der Waals surface area contributed by atoms with Gasteiger partial charge in [0.15, 0.2) is 6.10 Å². The molecule has 0 spiro atoms. The molecule has 0 fully saturated rings. The minimum Gasteiger partial charge on any atom is -0.387 e. The SMILES string of the molecule is CC(=Nc1ccc(C)cc1)C(O)C(O)C(O)C(=O)Nc1ccc(C)cc1. The zero-order valence-corrected chi connectivity index (χ0v) is 15.0. The molecule has 2 aromatic rings. The summed E-state index contributed by atoms with van der Waals surface area (Å²) in [5, 5.41) is 32.9. The number of nitrogens with one attached hydrogen (secondary N) is 1. The average Bonchev–Trinajstić information content (AvgIpc) is 2.63. The van der Waals surface area contributed by atoms with Crippen LogP contribution in [0, 0.1) is 13.8 Å². The first-order chi connectivity index (χ1) is 12.3. The number of benzene rings is 2. The highest BCUT2D eigenvalue weighted by Gasteiger charge is 2.32. The van der Waals surface area contributed by atoms with Gasteiger partial charge < -0.3 is 20.6 Å². The molecule has 2 rings (SSSR count). The van der Waals surface area contributed by atoms with Gasteiger partial charge in [-0.1, -0.05) is 35.4 Å². The summed E-state index contributed by atoms with van der Waals surface area (Å²) < 4.78 is 0. The van der Waals surface area contributed by atoms with Gasteiger partial charge in [-0.25, -0.2) is 0 Å². The lowest BCUT2D eigenvalue weighted by Crippen LogP contribution is -2.47. The Kier molecular flexibility index (Phi) is 6.63. The van der Waals surface area contributed by atoms with E-state index in [1.807, 2.05) is 38.1 Å². The van der Waals surface area contributed by atoms with Crippen LogP contribution in [0.2, 0.25) is 0 Å². The number of carbonyl (C=O) groups is 1. The molecule has 0 heterocycles. The van der Waals surface area contributed by atoms with Crippen molar-refractivity contribution in [1.82, 2.24) is 0 Å². The van der Waals surface area contributed by atoms with Crippen LogP contribution in [-0.4, -0.2) is 45.3 Å². The first-order valence-electron chi connectivity index (χ1n) is 8.31. The van der Waals surface area contributed by atoms with Crippen LogP contribution in [0.15, 0.2) is 53.5 Å². The maximum Gasteiger partial charge on any atom is 0.256 e. The van der Waals surface area contributed by atoms with Gasteiger partial charge in [-0.3, -0.25) is 9.79 Å². The predicted octanol–water partition coefficient (Wildman–Crippen LogP) is 2.12. The Morgan fingerprint density at radius 3 is 1.92 bits per heavy atom. The topological polar surface area (TPSA) is 102 Å². The van der Waals surface area contributed by atoms with Crippen molar-refractivity contribution >= 4 is 23.0 Å². The second-order valence-electron chi connectivity index (χ2n) is 6.32. The number of aliphatic hydroxyl groups excluding tert-OH is 3. The van der Waals surface area contributed by atoms with E-state index in [1.165, 1.54) is 6.92 Å². The van der Waals surface area contributed by atoms with E-state index in [4.69, 9.17) is 0 Å². The summed E-state index contributed by atoms with van der Waals surface area (Å²) in [5.74, 6) is -0.802. The summed E-state index contributed by atoms with van der Waals surface area (Å²) in [7, 11) is 0. The first-order valence-corrected chi connectivity index (χ1v) is 8.31.